The molecule has 1 aromatic heterocycles. The Labute approximate surface area is 115 Å². The van der Waals surface area contributed by atoms with Gasteiger partial charge in [-0.15, -0.1) is 5.10 Å². The second-order valence-corrected chi connectivity index (χ2v) is 6.63. The van der Waals surface area contributed by atoms with Gasteiger partial charge in [-0.05, 0) is 25.2 Å². The molecule has 1 aliphatic heterocycles. The summed E-state index contributed by atoms with van der Waals surface area (Å²) in [5.74, 6) is 2.50. The van der Waals surface area contributed by atoms with Crippen LogP contribution in [0.5, 0.6) is 0 Å². The zero-order valence-electron chi connectivity index (χ0n) is 12.0. The summed E-state index contributed by atoms with van der Waals surface area (Å²) in [7, 11) is 0. The SMILES string of the molecule is CC1CCN(c2n[nH]c(C3(C)CCCC3)n2)CC1N. The van der Waals surface area contributed by atoms with Gasteiger partial charge in [-0.3, -0.25) is 5.10 Å². The predicted molar refractivity (Wildman–Crippen MR) is 76.2 cm³/mol. The van der Waals surface area contributed by atoms with Gasteiger partial charge in [0.1, 0.15) is 5.82 Å². The number of nitrogens with zero attached hydrogens (tertiary/aromatic N) is 3. The Morgan fingerprint density at radius 2 is 2.11 bits per heavy atom. The van der Waals surface area contributed by atoms with Gasteiger partial charge in [-0.25, -0.2) is 0 Å². The van der Waals surface area contributed by atoms with Crippen molar-refractivity contribution in [2.45, 2.75) is 57.4 Å². The van der Waals surface area contributed by atoms with Crippen molar-refractivity contribution < 1.29 is 0 Å². The summed E-state index contributed by atoms with van der Waals surface area (Å²) in [6, 6.07) is 0.234. The van der Waals surface area contributed by atoms with E-state index in [1.807, 2.05) is 0 Å². The van der Waals surface area contributed by atoms with E-state index in [2.05, 4.69) is 28.9 Å². The third-order valence-electron chi connectivity index (χ3n) is 5.05. The molecule has 0 radical (unpaired) electrons. The van der Waals surface area contributed by atoms with Crippen molar-refractivity contribution in [2.75, 3.05) is 18.0 Å². The molecule has 0 spiro atoms. The average molecular weight is 263 g/mol. The van der Waals surface area contributed by atoms with Gasteiger partial charge in [0.05, 0.1) is 0 Å². The van der Waals surface area contributed by atoms with E-state index in [1.165, 1.54) is 25.7 Å². The van der Waals surface area contributed by atoms with E-state index in [-0.39, 0.29) is 11.5 Å². The van der Waals surface area contributed by atoms with Crippen molar-refractivity contribution in [3.05, 3.63) is 5.82 Å². The van der Waals surface area contributed by atoms with Gasteiger partial charge in [-0.2, -0.15) is 4.98 Å². The fourth-order valence-corrected chi connectivity index (χ4v) is 3.34. The molecule has 2 fully saturated rings. The number of nitrogens with two attached hydrogens (primary N) is 1. The maximum atomic E-state index is 6.15. The molecule has 0 bridgehead atoms. The fourth-order valence-electron chi connectivity index (χ4n) is 3.34. The first-order valence-electron chi connectivity index (χ1n) is 7.52. The molecule has 5 heteroatoms. The Bertz CT molecular complexity index is 435. The van der Waals surface area contributed by atoms with Crippen molar-refractivity contribution in [3.63, 3.8) is 0 Å². The van der Waals surface area contributed by atoms with Crippen LogP contribution in [0, 0.1) is 5.92 Å². The Hall–Kier alpha value is -1.10. The topological polar surface area (TPSA) is 70.8 Å². The zero-order valence-corrected chi connectivity index (χ0v) is 12.0. The summed E-state index contributed by atoms with van der Waals surface area (Å²) >= 11 is 0. The van der Waals surface area contributed by atoms with Gasteiger partial charge in [-0.1, -0.05) is 26.7 Å². The first-order chi connectivity index (χ1) is 9.08. The van der Waals surface area contributed by atoms with Crippen molar-refractivity contribution in [1.29, 1.82) is 0 Å². The number of piperidine rings is 1. The van der Waals surface area contributed by atoms with Gasteiger partial charge in [0, 0.05) is 24.5 Å². The van der Waals surface area contributed by atoms with Gasteiger partial charge in [0.25, 0.3) is 0 Å². The van der Waals surface area contributed by atoms with Crippen LogP contribution in [0.3, 0.4) is 0 Å². The smallest absolute Gasteiger partial charge is 0.244 e. The van der Waals surface area contributed by atoms with Crippen LogP contribution in [-0.2, 0) is 5.41 Å². The van der Waals surface area contributed by atoms with E-state index in [4.69, 9.17) is 10.7 Å². The number of nitrogens with one attached hydrogen (secondary N) is 1. The highest BCUT2D eigenvalue weighted by Gasteiger charge is 2.34. The van der Waals surface area contributed by atoms with Gasteiger partial charge < -0.3 is 10.6 Å². The highest BCUT2D eigenvalue weighted by Crippen LogP contribution is 2.39. The lowest BCUT2D eigenvalue weighted by atomic mass is 9.88. The Morgan fingerprint density at radius 1 is 1.37 bits per heavy atom. The first kappa shape index (κ1) is 12.9. The predicted octanol–water partition coefficient (Wildman–Crippen LogP) is 1.81. The van der Waals surface area contributed by atoms with Crippen LogP contribution in [-0.4, -0.2) is 34.3 Å². The lowest BCUT2D eigenvalue weighted by Gasteiger charge is -2.34. The lowest BCUT2D eigenvalue weighted by Crippen LogP contribution is -2.48. The lowest BCUT2D eigenvalue weighted by molar-refractivity contribution is 0.376. The maximum absolute atomic E-state index is 6.15. The summed E-state index contributed by atoms with van der Waals surface area (Å²) < 4.78 is 0. The molecule has 2 heterocycles. The molecule has 2 aliphatic rings. The van der Waals surface area contributed by atoms with Crippen molar-refractivity contribution in [3.8, 4) is 0 Å². The molecule has 19 heavy (non-hydrogen) atoms. The van der Waals surface area contributed by atoms with E-state index >= 15 is 0 Å². The van der Waals surface area contributed by atoms with Crippen LogP contribution in [0.1, 0.15) is 51.8 Å². The Kier molecular flexibility index (Phi) is 3.25. The zero-order chi connectivity index (χ0) is 13.5. The molecule has 3 N–H and O–H groups in total. The number of aromatic amines is 1. The fraction of sp³-hybridized carbons (Fsp3) is 0.857. The average Bonchev–Trinajstić information content (AvgIpc) is 3.02. The highest BCUT2D eigenvalue weighted by molar-refractivity contribution is 5.31. The standard InChI is InChI=1S/C14H25N5/c1-10-5-8-19(9-11(10)15)13-16-12(17-18-13)14(2)6-3-4-7-14/h10-11H,3-9,15H2,1-2H3,(H,16,17,18). The summed E-state index contributed by atoms with van der Waals surface area (Å²) in [4.78, 5) is 6.98. The van der Waals surface area contributed by atoms with E-state index in [0.29, 0.717) is 5.92 Å². The van der Waals surface area contributed by atoms with Crippen LogP contribution in [0.15, 0.2) is 0 Å². The second-order valence-electron chi connectivity index (χ2n) is 6.63. The van der Waals surface area contributed by atoms with Crippen LogP contribution in [0.4, 0.5) is 5.95 Å². The van der Waals surface area contributed by atoms with Crippen LogP contribution < -0.4 is 10.6 Å². The van der Waals surface area contributed by atoms with Crippen molar-refractivity contribution >= 4 is 5.95 Å². The normalized spacial score (nSPS) is 30.8. The van der Waals surface area contributed by atoms with Crippen molar-refractivity contribution in [2.24, 2.45) is 11.7 Å². The van der Waals surface area contributed by atoms with Crippen LogP contribution in [0.2, 0.25) is 0 Å². The molecule has 1 saturated heterocycles. The van der Waals surface area contributed by atoms with Gasteiger partial charge in [0.2, 0.25) is 5.95 Å². The van der Waals surface area contributed by atoms with E-state index in [0.717, 1.165) is 31.3 Å². The molecule has 0 amide bonds. The Balaban J connectivity index is 1.74. The number of H-pyrrole nitrogens is 1. The van der Waals surface area contributed by atoms with Gasteiger partial charge in [0.15, 0.2) is 0 Å². The summed E-state index contributed by atoms with van der Waals surface area (Å²) in [5.41, 5.74) is 6.36. The molecule has 5 nitrogen and oxygen atoms in total. The molecule has 2 atom stereocenters. The quantitative estimate of drug-likeness (QED) is 0.853. The molecular formula is C14H25N5. The molecule has 1 aromatic rings. The monoisotopic (exact) mass is 263 g/mol. The Morgan fingerprint density at radius 3 is 2.79 bits per heavy atom. The summed E-state index contributed by atoms with van der Waals surface area (Å²) in [6.07, 6.45) is 6.18. The maximum Gasteiger partial charge on any atom is 0.244 e. The minimum absolute atomic E-state index is 0.205. The second kappa shape index (κ2) is 4.78. The minimum atomic E-state index is 0.205. The van der Waals surface area contributed by atoms with Crippen LogP contribution in [0.25, 0.3) is 0 Å². The number of rotatable bonds is 2. The minimum Gasteiger partial charge on any atom is -0.338 e. The number of aromatic nitrogens is 3. The van der Waals surface area contributed by atoms with E-state index in [1.54, 1.807) is 0 Å². The number of hydrogen-bond acceptors (Lipinski definition) is 4. The first-order valence-corrected chi connectivity index (χ1v) is 7.52. The van der Waals surface area contributed by atoms with E-state index in [9.17, 15) is 0 Å². The van der Waals surface area contributed by atoms with Crippen molar-refractivity contribution in [1.82, 2.24) is 15.2 Å². The third-order valence-corrected chi connectivity index (χ3v) is 5.05. The molecule has 1 saturated carbocycles. The molecule has 2 unspecified atom stereocenters. The highest BCUT2D eigenvalue weighted by atomic mass is 15.4. The van der Waals surface area contributed by atoms with Crippen LogP contribution >= 0.6 is 0 Å². The molecule has 1 aliphatic carbocycles. The number of hydrogen-bond donors (Lipinski definition) is 2. The largest absolute Gasteiger partial charge is 0.338 e. The summed E-state index contributed by atoms with van der Waals surface area (Å²) in [5, 5.41) is 7.59. The molecule has 0 aromatic carbocycles. The number of anilines is 1. The summed E-state index contributed by atoms with van der Waals surface area (Å²) in [6.45, 7) is 6.41. The molecule has 106 valence electrons. The molecular weight excluding hydrogens is 238 g/mol. The van der Waals surface area contributed by atoms with E-state index < -0.39 is 0 Å². The molecule has 3 rings (SSSR count). The third kappa shape index (κ3) is 2.36. The van der Waals surface area contributed by atoms with Gasteiger partial charge >= 0.3 is 0 Å².